The zero-order valence-corrected chi connectivity index (χ0v) is 16.2. The second-order valence-corrected chi connectivity index (χ2v) is 6.36. The molecule has 30 heavy (non-hydrogen) atoms. The molecule has 3 aromatic carbocycles. The van der Waals surface area contributed by atoms with Crippen molar-refractivity contribution in [1.82, 2.24) is 0 Å². The van der Waals surface area contributed by atoms with Crippen LogP contribution >= 0.6 is 0 Å². The largest absolute Gasteiger partial charge is 0.493 e. The van der Waals surface area contributed by atoms with Crippen LogP contribution < -0.4 is 20.1 Å². The van der Waals surface area contributed by atoms with Gasteiger partial charge in [-0.15, -0.1) is 0 Å². The van der Waals surface area contributed by atoms with E-state index in [0.717, 1.165) is 12.1 Å². The van der Waals surface area contributed by atoms with E-state index in [9.17, 15) is 18.0 Å². The number of carbonyl (C=O) groups excluding carboxylic acids is 1. The molecule has 5 nitrogen and oxygen atoms in total. The third-order valence-corrected chi connectivity index (χ3v) is 4.22. The number of carbonyl (C=O) groups is 1. The van der Waals surface area contributed by atoms with Gasteiger partial charge in [-0.1, -0.05) is 12.1 Å². The van der Waals surface area contributed by atoms with Crippen LogP contribution in [0.1, 0.15) is 6.92 Å². The Morgan fingerprint density at radius 2 is 1.57 bits per heavy atom. The maximum absolute atomic E-state index is 13.7. The molecule has 1 atom stereocenters. The van der Waals surface area contributed by atoms with Gasteiger partial charge >= 0.3 is 0 Å². The van der Waals surface area contributed by atoms with E-state index in [1.54, 1.807) is 50.4 Å². The normalized spacial score (nSPS) is 11.5. The minimum Gasteiger partial charge on any atom is -0.493 e. The molecular weight excluding hydrogens is 397 g/mol. The summed E-state index contributed by atoms with van der Waals surface area (Å²) in [7, 11) is 1.55. The highest BCUT2D eigenvalue weighted by Crippen LogP contribution is 2.31. The van der Waals surface area contributed by atoms with Crippen LogP contribution in [-0.2, 0) is 4.79 Å². The lowest BCUT2D eigenvalue weighted by Gasteiger charge is -2.16. The van der Waals surface area contributed by atoms with E-state index in [1.807, 2.05) is 12.1 Å². The average molecular weight is 416 g/mol. The maximum atomic E-state index is 13.7. The van der Waals surface area contributed by atoms with Gasteiger partial charge in [0.05, 0.1) is 12.8 Å². The lowest BCUT2D eigenvalue weighted by molar-refractivity contribution is -0.116. The number of methoxy groups -OCH3 is 1. The first-order valence-electron chi connectivity index (χ1n) is 9.01. The number of rotatable bonds is 7. The first kappa shape index (κ1) is 21.0. The maximum Gasteiger partial charge on any atom is 0.246 e. The van der Waals surface area contributed by atoms with Crippen LogP contribution in [0.25, 0.3) is 0 Å². The summed E-state index contributed by atoms with van der Waals surface area (Å²) in [6.45, 7) is 1.55. The van der Waals surface area contributed by atoms with Crippen LogP contribution in [0.3, 0.4) is 0 Å². The van der Waals surface area contributed by atoms with Crippen molar-refractivity contribution in [1.29, 1.82) is 0 Å². The highest BCUT2D eigenvalue weighted by atomic mass is 19.2. The molecule has 156 valence electrons. The van der Waals surface area contributed by atoms with Gasteiger partial charge in [0.1, 0.15) is 11.8 Å². The standard InChI is InChI=1S/C22H19F3N2O3/c1-13(22(28)27-17-12-11-16(23)20(24)21(17)25)26-14-7-9-15(10-8-14)30-19-6-4-3-5-18(19)29-2/h3-13,26H,1-2H3,(H,27,28). The second-order valence-electron chi connectivity index (χ2n) is 6.36. The topological polar surface area (TPSA) is 59.6 Å². The molecule has 1 unspecified atom stereocenters. The summed E-state index contributed by atoms with van der Waals surface area (Å²) in [6, 6.07) is 14.9. The minimum atomic E-state index is -1.64. The fourth-order valence-electron chi connectivity index (χ4n) is 2.63. The zero-order valence-electron chi connectivity index (χ0n) is 16.2. The molecular formula is C22H19F3N2O3. The van der Waals surface area contributed by atoms with Gasteiger partial charge in [0.15, 0.2) is 29.0 Å². The number of nitrogens with one attached hydrogen (secondary N) is 2. The van der Waals surface area contributed by atoms with Crippen LogP contribution in [0, 0.1) is 17.5 Å². The average Bonchev–Trinajstić information content (AvgIpc) is 2.75. The van der Waals surface area contributed by atoms with E-state index >= 15 is 0 Å². The Labute approximate surface area is 171 Å². The van der Waals surface area contributed by atoms with Crippen molar-refractivity contribution in [3.8, 4) is 17.2 Å². The molecule has 0 heterocycles. The Morgan fingerprint density at radius 3 is 2.23 bits per heavy atom. The molecule has 0 spiro atoms. The summed E-state index contributed by atoms with van der Waals surface area (Å²) < 4.78 is 51.0. The number of amides is 1. The van der Waals surface area contributed by atoms with E-state index in [2.05, 4.69) is 10.6 Å². The van der Waals surface area contributed by atoms with Crippen molar-refractivity contribution in [2.75, 3.05) is 17.7 Å². The van der Waals surface area contributed by atoms with Crippen LogP contribution in [0.15, 0.2) is 60.7 Å². The predicted molar refractivity (Wildman–Crippen MR) is 108 cm³/mol. The zero-order chi connectivity index (χ0) is 21.7. The quantitative estimate of drug-likeness (QED) is 0.510. The van der Waals surface area contributed by atoms with Crippen molar-refractivity contribution in [3.63, 3.8) is 0 Å². The molecule has 0 fully saturated rings. The fraction of sp³-hybridized carbons (Fsp3) is 0.136. The molecule has 1 amide bonds. The molecule has 0 bridgehead atoms. The minimum absolute atomic E-state index is 0.437. The third kappa shape index (κ3) is 4.83. The Hall–Kier alpha value is -3.68. The lowest BCUT2D eigenvalue weighted by atomic mass is 10.2. The number of para-hydroxylation sites is 2. The third-order valence-electron chi connectivity index (χ3n) is 4.22. The predicted octanol–water partition coefficient (Wildman–Crippen LogP) is 5.34. The van der Waals surface area contributed by atoms with Crippen LogP contribution in [0.5, 0.6) is 17.2 Å². The number of benzene rings is 3. The fourth-order valence-corrected chi connectivity index (χ4v) is 2.63. The van der Waals surface area contributed by atoms with Crippen LogP contribution in [0.4, 0.5) is 24.5 Å². The van der Waals surface area contributed by atoms with Gasteiger partial charge in [-0.3, -0.25) is 4.79 Å². The van der Waals surface area contributed by atoms with E-state index in [4.69, 9.17) is 9.47 Å². The second kappa shape index (κ2) is 9.21. The van der Waals surface area contributed by atoms with Crippen molar-refractivity contribution in [3.05, 3.63) is 78.1 Å². The monoisotopic (exact) mass is 416 g/mol. The molecule has 3 rings (SSSR count). The summed E-state index contributed by atoms with van der Waals surface area (Å²) >= 11 is 0. The smallest absolute Gasteiger partial charge is 0.246 e. The Balaban J connectivity index is 1.62. The number of halogens is 3. The number of anilines is 2. The van der Waals surface area contributed by atoms with Gasteiger partial charge in [0.2, 0.25) is 5.91 Å². The highest BCUT2D eigenvalue weighted by Gasteiger charge is 2.18. The van der Waals surface area contributed by atoms with Crippen molar-refractivity contribution < 1.29 is 27.4 Å². The summed E-state index contributed by atoms with van der Waals surface area (Å²) in [4.78, 5) is 12.2. The first-order valence-corrected chi connectivity index (χ1v) is 9.01. The molecule has 0 aliphatic carbocycles. The molecule has 0 aliphatic heterocycles. The highest BCUT2D eigenvalue weighted by molar-refractivity contribution is 5.96. The van der Waals surface area contributed by atoms with Gasteiger partial charge in [0, 0.05) is 5.69 Å². The SMILES string of the molecule is COc1ccccc1Oc1ccc(NC(C)C(=O)Nc2ccc(F)c(F)c2F)cc1. The Bertz CT molecular complexity index is 1040. The summed E-state index contributed by atoms with van der Waals surface area (Å²) in [5, 5.41) is 5.17. The molecule has 0 aromatic heterocycles. The molecule has 0 radical (unpaired) electrons. The number of hydrogen-bond acceptors (Lipinski definition) is 4. The molecule has 2 N–H and O–H groups in total. The van der Waals surface area contributed by atoms with E-state index < -0.39 is 35.1 Å². The number of ether oxygens (including phenoxy) is 2. The van der Waals surface area contributed by atoms with E-state index in [-0.39, 0.29) is 0 Å². The molecule has 8 heteroatoms. The summed E-state index contributed by atoms with van der Waals surface area (Å²) in [6.07, 6.45) is 0. The van der Waals surface area contributed by atoms with Gasteiger partial charge in [-0.25, -0.2) is 13.2 Å². The Kier molecular flexibility index (Phi) is 6.46. The molecule has 0 aliphatic rings. The summed E-state index contributed by atoms with van der Waals surface area (Å²) in [5.74, 6) is -3.32. The first-order chi connectivity index (χ1) is 14.4. The van der Waals surface area contributed by atoms with Gasteiger partial charge in [-0.05, 0) is 55.5 Å². The summed E-state index contributed by atoms with van der Waals surface area (Å²) in [5.41, 5.74) is 0.170. The van der Waals surface area contributed by atoms with E-state index in [1.165, 1.54) is 0 Å². The van der Waals surface area contributed by atoms with E-state index in [0.29, 0.717) is 22.9 Å². The van der Waals surface area contributed by atoms with Crippen LogP contribution in [0.2, 0.25) is 0 Å². The van der Waals surface area contributed by atoms with Gasteiger partial charge in [-0.2, -0.15) is 0 Å². The Morgan fingerprint density at radius 1 is 0.900 bits per heavy atom. The van der Waals surface area contributed by atoms with Gasteiger partial charge < -0.3 is 20.1 Å². The molecule has 0 saturated heterocycles. The van der Waals surface area contributed by atoms with Gasteiger partial charge in [0.25, 0.3) is 0 Å². The molecule has 3 aromatic rings. The lowest BCUT2D eigenvalue weighted by Crippen LogP contribution is -2.32. The van der Waals surface area contributed by atoms with Crippen molar-refractivity contribution in [2.24, 2.45) is 0 Å². The van der Waals surface area contributed by atoms with Crippen molar-refractivity contribution in [2.45, 2.75) is 13.0 Å². The molecule has 0 saturated carbocycles. The number of hydrogen-bond donors (Lipinski definition) is 2. The van der Waals surface area contributed by atoms with Crippen molar-refractivity contribution >= 4 is 17.3 Å². The van der Waals surface area contributed by atoms with Crippen LogP contribution in [-0.4, -0.2) is 19.1 Å².